The Morgan fingerprint density at radius 1 is 1.22 bits per heavy atom. The Bertz CT molecular complexity index is 788. The summed E-state index contributed by atoms with van der Waals surface area (Å²) in [7, 11) is 0. The minimum Gasteiger partial charge on any atom is -0.439 e. The van der Waals surface area contributed by atoms with Gasteiger partial charge in [0.15, 0.2) is 5.58 Å². The summed E-state index contributed by atoms with van der Waals surface area (Å²) in [5.74, 6) is 2.62. The van der Waals surface area contributed by atoms with Gasteiger partial charge in [-0.05, 0) is 45.4 Å². The summed E-state index contributed by atoms with van der Waals surface area (Å²) in [6.45, 7) is 6.67. The van der Waals surface area contributed by atoms with E-state index in [2.05, 4.69) is 20.0 Å². The third-order valence-electron chi connectivity index (χ3n) is 4.52. The molecule has 0 unspecified atom stereocenters. The molecule has 3 aromatic rings. The van der Waals surface area contributed by atoms with E-state index >= 15 is 0 Å². The van der Waals surface area contributed by atoms with Crippen molar-refractivity contribution in [3.63, 3.8) is 0 Å². The van der Waals surface area contributed by atoms with Crippen LogP contribution >= 0.6 is 0 Å². The van der Waals surface area contributed by atoms with Crippen LogP contribution in [0, 0.1) is 13.8 Å². The number of likely N-dealkylation sites (tertiary alicyclic amines) is 1. The summed E-state index contributed by atoms with van der Waals surface area (Å²) in [5, 5.41) is 4.49. The molecule has 4 rings (SSSR count). The second kappa shape index (κ2) is 5.77. The summed E-state index contributed by atoms with van der Waals surface area (Å²) in [4.78, 5) is 11.4. The zero-order valence-corrected chi connectivity index (χ0v) is 13.6. The van der Waals surface area contributed by atoms with Crippen molar-refractivity contribution in [2.45, 2.75) is 45.8 Å². The van der Waals surface area contributed by atoms with Crippen LogP contribution in [0.4, 0.5) is 0 Å². The highest BCUT2D eigenvalue weighted by Crippen LogP contribution is 2.23. The van der Waals surface area contributed by atoms with Crippen LogP contribution in [0.2, 0.25) is 0 Å². The van der Waals surface area contributed by atoms with Gasteiger partial charge in [0, 0.05) is 6.04 Å². The van der Waals surface area contributed by atoms with Crippen molar-refractivity contribution in [2.75, 3.05) is 6.54 Å². The van der Waals surface area contributed by atoms with Crippen LogP contribution in [0.5, 0.6) is 0 Å². The van der Waals surface area contributed by atoms with Crippen molar-refractivity contribution < 1.29 is 4.42 Å². The van der Waals surface area contributed by atoms with Gasteiger partial charge in [0.25, 0.3) is 0 Å². The standard InChI is InChI=1S/C17H21N5O/c1-12-18-13(2)22(20-12)10-14-6-5-9-21(14)11-17-19-15-7-3-4-8-16(15)23-17/h3-4,7-8,14H,5-6,9-11H2,1-2H3/t14-/m1/s1. The van der Waals surface area contributed by atoms with E-state index in [0.717, 1.165) is 48.3 Å². The highest BCUT2D eigenvalue weighted by molar-refractivity contribution is 5.72. The molecule has 0 aliphatic carbocycles. The molecule has 0 N–H and O–H groups in total. The number of hydrogen-bond acceptors (Lipinski definition) is 5. The smallest absolute Gasteiger partial charge is 0.209 e. The average molecular weight is 311 g/mol. The molecule has 0 saturated carbocycles. The Hall–Kier alpha value is -2.21. The molecule has 6 nitrogen and oxygen atoms in total. The van der Waals surface area contributed by atoms with Gasteiger partial charge < -0.3 is 4.42 Å². The fourth-order valence-electron chi connectivity index (χ4n) is 3.41. The Labute approximate surface area is 135 Å². The summed E-state index contributed by atoms with van der Waals surface area (Å²) in [6, 6.07) is 8.39. The number of nitrogens with zero attached hydrogens (tertiary/aromatic N) is 5. The predicted molar refractivity (Wildman–Crippen MR) is 86.9 cm³/mol. The number of benzene rings is 1. The predicted octanol–water partition coefficient (Wildman–Crippen LogP) is 2.70. The third kappa shape index (κ3) is 2.86. The number of oxazole rings is 1. The first kappa shape index (κ1) is 14.4. The minimum atomic E-state index is 0.463. The van der Waals surface area contributed by atoms with Crippen molar-refractivity contribution in [1.82, 2.24) is 24.6 Å². The lowest BCUT2D eigenvalue weighted by Crippen LogP contribution is -2.33. The van der Waals surface area contributed by atoms with Gasteiger partial charge in [-0.3, -0.25) is 4.90 Å². The van der Waals surface area contributed by atoms with Gasteiger partial charge >= 0.3 is 0 Å². The van der Waals surface area contributed by atoms with E-state index in [4.69, 9.17) is 4.42 Å². The maximum Gasteiger partial charge on any atom is 0.209 e. The fourth-order valence-corrected chi connectivity index (χ4v) is 3.41. The van der Waals surface area contributed by atoms with Crippen molar-refractivity contribution in [3.8, 4) is 0 Å². The van der Waals surface area contributed by atoms with E-state index < -0.39 is 0 Å². The monoisotopic (exact) mass is 311 g/mol. The molecular formula is C17H21N5O. The lowest BCUT2D eigenvalue weighted by atomic mass is 10.2. The van der Waals surface area contributed by atoms with Gasteiger partial charge in [0.05, 0.1) is 13.1 Å². The van der Waals surface area contributed by atoms with Gasteiger partial charge in [-0.1, -0.05) is 12.1 Å². The molecule has 1 fully saturated rings. The van der Waals surface area contributed by atoms with E-state index in [0.29, 0.717) is 6.04 Å². The largest absolute Gasteiger partial charge is 0.439 e. The number of fused-ring (bicyclic) bond motifs is 1. The summed E-state index contributed by atoms with van der Waals surface area (Å²) >= 11 is 0. The van der Waals surface area contributed by atoms with E-state index in [-0.39, 0.29) is 0 Å². The molecule has 1 atom stereocenters. The number of aryl methyl sites for hydroxylation is 2. The van der Waals surface area contributed by atoms with Crippen LogP contribution in [0.3, 0.4) is 0 Å². The molecule has 3 heterocycles. The number of hydrogen-bond donors (Lipinski definition) is 0. The van der Waals surface area contributed by atoms with E-state index in [1.54, 1.807) is 0 Å². The van der Waals surface area contributed by atoms with Gasteiger partial charge in [-0.25, -0.2) is 14.6 Å². The van der Waals surface area contributed by atoms with Crippen molar-refractivity contribution in [1.29, 1.82) is 0 Å². The molecule has 1 aromatic carbocycles. The summed E-state index contributed by atoms with van der Waals surface area (Å²) < 4.78 is 7.89. The average Bonchev–Trinajstić information content (AvgIpc) is 3.20. The molecule has 0 bridgehead atoms. The highest BCUT2D eigenvalue weighted by Gasteiger charge is 2.27. The molecule has 1 aliphatic heterocycles. The lowest BCUT2D eigenvalue weighted by Gasteiger charge is -2.23. The molecule has 6 heteroatoms. The first-order valence-corrected chi connectivity index (χ1v) is 8.15. The fraction of sp³-hybridized carbons (Fsp3) is 0.471. The molecule has 0 radical (unpaired) electrons. The first-order chi connectivity index (χ1) is 11.2. The van der Waals surface area contributed by atoms with Crippen LogP contribution in [-0.2, 0) is 13.1 Å². The molecule has 0 spiro atoms. The molecule has 2 aromatic heterocycles. The molecule has 1 aliphatic rings. The maximum atomic E-state index is 5.87. The van der Waals surface area contributed by atoms with Crippen molar-refractivity contribution >= 4 is 11.1 Å². The van der Waals surface area contributed by atoms with Gasteiger partial charge in [-0.15, -0.1) is 0 Å². The highest BCUT2D eigenvalue weighted by atomic mass is 16.3. The molecule has 23 heavy (non-hydrogen) atoms. The van der Waals surface area contributed by atoms with Crippen LogP contribution in [0.25, 0.3) is 11.1 Å². The number of para-hydroxylation sites is 2. The number of rotatable bonds is 4. The lowest BCUT2D eigenvalue weighted by molar-refractivity contribution is 0.200. The van der Waals surface area contributed by atoms with Crippen LogP contribution in [-0.4, -0.2) is 37.2 Å². The van der Waals surface area contributed by atoms with Gasteiger partial charge in [-0.2, -0.15) is 5.10 Å². The Balaban J connectivity index is 1.50. The topological polar surface area (TPSA) is 60.0 Å². The normalized spacial score (nSPS) is 19.0. The van der Waals surface area contributed by atoms with Gasteiger partial charge in [0.2, 0.25) is 5.89 Å². The minimum absolute atomic E-state index is 0.463. The second-order valence-electron chi connectivity index (χ2n) is 6.23. The molecule has 1 saturated heterocycles. The molecule has 120 valence electrons. The SMILES string of the molecule is Cc1nc(C)n(C[C@H]2CCCN2Cc2nc3ccccc3o2)n1. The van der Waals surface area contributed by atoms with E-state index in [1.165, 1.54) is 12.8 Å². The second-order valence-corrected chi connectivity index (χ2v) is 6.23. The number of aromatic nitrogens is 4. The van der Waals surface area contributed by atoms with Crippen LogP contribution in [0.1, 0.15) is 30.4 Å². The van der Waals surface area contributed by atoms with Crippen molar-refractivity contribution in [3.05, 3.63) is 41.8 Å². The summed E-state index contributed by atoms with van der Waals surface area (Å²) in [6.07, 6.45) is 2.39. The van der Waals surface area contributed by atoms with Crippen molar-refractivity contribution in [2.24, 2.45) is 0 Å². The quantitative estimate of drug-likeness (QED) is 0.741. The maximum absolute atomic E-state index is 5.87. The summed E-state index contributed by atoms with van der Waals surface area (Å²) in [5.41, 5.74) is 1.79. The molecule has 0 amide bonds. The van der Waals surface area contributed by atoms with Crippen LogP contribution in [0.15, 0.2) is 28.7 Å². The van der Waals surface area contributed by atoms with E-state index in [9.17, 15) is 0 Å². The zero-order valence-electron chi connectivity index (χ0n) is 13.6. The first-order valence-electron chi connectivity index (χ1n) is 8.15. The zero-order chi connectivity index (χ0) is 15.8. The Kier molecular flexibility index (Phi) is 3.61. The Morgan fingerprint density at radius 2 is 2.09 bits per heavy atom. The Morgan fingerprint density at radius 3 is 2.87 bits per heavy atom. The van der Waals surface area contributed by atoms with E-state index in [1.807, 2.05) is 42.8 Å². The van der Waals surface area contributed by atoms with Gasteiger partial charge in [0.1, 0.15) is 17.2 Å². The third-order valence-corrected chi connectivity index (χ3v) is 4.52. The molecular weight excluding hydrogens is 290 g/mol. The van der Waals surface area contributed by atoms with Crippen LogP contribution < -0.4 is 0 Å².